The SMILES string of the molecule is CCCCCCCCCCCCC(O)CC(=O)NC(COP(=O)(O)OCCN)C(O)CCCCCCCCCCC. The maximum Gasteiger partial charge on any atom is 0.472 e. The van der Waals surface area contributed by atoms with Gasteiger partial charge in [-0.2, -0.15) is 0 Å². The Morgan fingerprint density at radius 1 is 0.732 bits per heavy atom. The van der Waals surface area contributed by atoms with E-state index in [9.17, 15) is 24.5 Å². The van der Waals surface area contributed by atoms with E-state index >= 15 is 0 Å². The molecule has 0 aliphatic carbocycles. The lowest BCUT2D eigenvalue weighted by Gasteiger charge is -2.25. The third-order valence-corrected chi connectivity index (χ3v) is 8.50. The molecule has 4 atom stereocenters. The Morgan fingerprint density at radius 3 is 1.63 bits per heavy atom. The fourth-order valence-electron chi connectivity index (χ4n) is 4.94. The minimum Gasteiger partial charge on any atom is -0.393 e. The van der Waals surface area contributed by atoms with Gasteiger partial charge in [0.2, 0.25) is 5.91 Å². The summed E-state index contributed by atoms with van der Waals surface area (Å²) in [5.41, 5.74) is 5.32. The number of hydrogen-bond donors (Lipinski definition) is 5. The number of aliphatic hydroxyl groups excluding tert-OH is 2. The molecule has 0 spiro atoms. The van der Waals surface area contributed by atoms with E-state index in [1.165, 1.54) is 83.5 Å². The molecule has 246 valence electrons. The Bertz CT molecular complexity index is 642. The largest absolute Gasteiger partial charge is 0.472 e. The molecule has 1 amide bonds. The summed E-state index contributed by atoms with van der Waals surface area (Å²) in [6.07, 6.45) is 21.6. The summed E-state index contributed by atoms with van der Waals surface area (Å²) in [5, 5.41) is 23.9. The average molecular weight is 609 g/mol. The predicted octanol–water partition coefficient (Wildman–Crippen LogP) is 6.91. The molecule has 0 aromatic heterocycles. The summed E-state index contributed by atoms with van der Waals surface area (Å²) in [5.74, 6) is -0.417. The number of carbonyl (C=O) groups is 1. The number of amides is 1. The van der Waals surface area contributed by atoms with Gasteiger partial charge in [0.15, 0.2) is 0 Å². The van der Waals surface area contributed by atoms with Gasteiger partial charge in [0, 0.05) is 6.54 Å². The van der Waals surface area contributed by atoms with Crippen molar-refractivity contribution in [2.45, 2.75) is 173 Å². The number of nitrogens with one attached hydrogen (secondary N) is 1. The number of aliphatic hydroxyl groups is 2. The zero-order valence-electron chi connectivity index (χ0n) is 26.4. The second-order valence-electron chi connectivity index (χ2n) is 11.6. The Kier molecular flexibility index (Phi) is 27.9. The highest BCUT2D eigenvalue weighted by Crippen LogP contribution is 2.43. The van der Waals surface area contributed by atoms with Crippen LogP contribution in [0.15, 0.2) is 0 Å². The van der Waals surface area contributed by atoms with Gasteiger partial charge in [-0.1, -0.05) is 136 Å². The second-order valence-corrected chi connectivity index (χ2v) is 13.0. The minimum atomic E-state index is -4.35. The fraction of sp³-hybridized carbons (Fsp3) is 0.968. The van der Waals surface area contributed by atoms with Gasteiger partial charge in [0.25, 0.3) is 0 Å². The van der Waals surface area contributed by atoms with Gasteiger partial charge in [0.05, 0.1) is 37.9 Å². The van der Waals surface area contributed by atoms with Crippen molar-refractivity contribution < 1.29 is 33.5 Å². The molecule has 41 heavy (non-hydrogen) atoms. The van der Waals surface area contributed by atoms with E-state index in [1.807, 2.05) is 0 Å². The molecule has 0 heterocycles. The summed E-state index contributed by atoms with van der Waals surface area (Å²) in [7, 11) is -4.35. The van der Waals surface area contributed by atoms with Crippen LogP contribution in [0.2, 0.25) is 0 Å². The molecule has 0 aromatic rings. The van der Waals surface area contributed by atoms with Crippen LogP contribution in [0.4, 0.5) is 0 Å². The molecular weight excluding hydrogens is 543 g/mol. The highest BCUT2D eigenvalue weighted by atomic mass is 31.2. The number of rotatable bonds is 31. The van der Waals surface area contributed by atoms with E-state index in [0.29, 0.717) is 12.8 Å². The van der Waals surface area contributed by atoms with Crippen LogP contribution in [0.1, 0.15) is 155 Å². The van der Waals surface area contributed by atoms with E-state index in [2.05, 4.69) is 19.2 Å². The Labute approximate surface area is 251 Å². The van der Waals surface area contributed by atoms with Crippen LogP contribution in [-0.4, -0.2) is 59.0 Å². The number of nitrogens with two attached hydrogens (primary N) is 1. The number of unbranched alkanes of at least 4 members (excludes halogenated alkanes) is 17. The summed E-state index contributed by atoms with van der Waals surface area (Å²) in [6.45, 7) is 3.98. The lowest BCUT2D eigenvalue weighted by atomic mass is 10.0. The van der Waals surface area contributed by atoms with E-state index < -0.39 is 32.0 Å². The van der Waals surface area contributed by atoms with Crippen molar-refractivity contribution in [2.24, 2.45) is 5.73 Å². The third kappa shape index (κ3) is 26.8. The van der Waals surface area contributed by atoms with Crippen molar-refractivity contribution in [3.05, 3.63) is 0 Å². The highest BCUT2D eigenvalue weighted by molar-refractivity contribution is 7.47. The summed E-state index contributed by atoms with van der Waals surface area (Å²) in [6, 6.07) is -0.886. The van der Waals surface area contributed by atoms with Gasteiger partial charge in [-0.3, -0.25) is 13.8 Å². The van der Waals surface area contributed by atoms with E-state index in [1.54, 1.807) is 0 Å². The van der Waals surface area contributed by atoms with Crippen molar-refractivity contribution in [1.29, 1.82) is 0 Å². The maximum atomic E-state index is 12.7. The zero-order valence-corrected chi connectivity index (χ0v) is 27.3. The zero-order chi connectivity index (χ0) is 30.6. The number of phosphoric acid groups is 1. The number of hydrogen-bond acceptors (Lipinski definition) is 7. The standard InChI is InChI=1S/C31H65N2O7P/c1-3-5-7-9-11-13-15-16-18-20-22-28(34)26-31(36)33-29(27-40-41(37,38)39-25-24-32)30(35)23-21-19-17-14-12-10-8-6-4-2/h28-30,34-35H,3-27,32H2,1-2H3,(H,33,36)(H,37,38). The van der Waals surface area contributed by atoms with Crippen LogP contribution in [-0.2, 0) is 18.4 Å². The van der Waals surface area contributed by atoms with E-state index in [-0.39, 0.29) is 26.2 Å². The van der Waals surface area contributed by atoms with Gasteiger partial charge in [0.1, 0.15) is 0 Å². The Hall–Kier alpha value is -0.540. The summed E-state index contributed by atoms with van der Waals surface area (Å²) < 4.78 is 21.9. The van der Waals surface area contributed by atoms with E-state index in [0.717, 1.165) is 38.5 Å². The third-order valence-electron chi connectivity index (χ3n) is 7.52. The van der Waals surface area contributed by atoms with Gasteiger partial charge in [-0.05, 0) is 12.8 Å². The molecule has 0 fully saturated rings. The Balaban J connectivity index is 4.45. The van der Waals surface area contributed by atoms with Gasteiger partial charge in [-0.15, -0.1) is 0 Å². The van der Waals surface area contributed by atoms with Gasteiger partial charge < -0.3 is 26.2 Å². The number of carbonyl (C=O) groups excluding carboxylic acids is 1. The van der Waals surface area contributed by atoms with Crippen LogP contribution in [0, 0.1) is 0 Å². The first-order valence-electron chi connectivity index (χ1n) is 16.7. The van der Waals surface area contributed by atoms with Gasteiger partial charge in [-0.25, -0.2) is 4.57 Å². The smallest absolute Gasteiger partial charge is 0.393 e. The van der Waals surface area contributed by atoms with Crippen LogP contribution >= 0.6 is 7.82 Å². The van der Waals surface area contributed by atoms with Crippen molar-refractivity contribution in [3.8, 4) is 0 Å². The van der Waals surface area contributed by atoms with Crippen molar-refractivity contribution in [2.75, 3.05) is 19.8 Å². The molecule has 0 saturated carbocycles. The lowest BCUT2D eigenvalue weighted by molar-refractivity contribution is -0.125. The molecule has 0 aromatic carbocycles. The number of phosphoric ester groups is 1. The molecule has 9 nitrogen and oxygen atoms in total. The lowest BCUT2D eigenvalue weighted by Crippen LogP contribution is -2.47. The molecule has 0 aliphatic rings. The molecule has 6 N–H and O–H groups in total. The predicted molar refractivity (Wildman–Crippen MR) is 168 cm³/mol. The van der Waals surface area contributed by atoms with E-state index in [4.69, 9.17) is 14.8 Å². The van der Waals surface area contributed by atoms with Crippen molar-refractivity contribution in [3.63, 3.8) is 0 Å². The van der Waals surface area contributed by atoms with Crippen molar-refractivity contribution in [1.82, 2.24) is 5.32 Å². The van der Waals surface area contributed by atoms with Crippen LogP contribution in [0.5, 0.6) is 0 Å². The van der Waals surface area contributed by atoms with Crippen molar-refractivity contribution >= 4 is 13.7 Å². The topological polar surface area (TPSA) is 151 Å². The maximum absolute atomic E-state index is 12.7. The summed E-state index contributed by atoms with van der Waals surface area (Å²) in [4.78, 5) is 22.5. The van der Waals surface area contributed by atoms with Gasteiger partial charge >= 0.3 is 7.82 Å². The molecular formula is C31H65N2O7P. The first-order valence-corrected chi connectivity index (χ1v) is 18.2. The molecule has 10 heteroatoms. The van der Waals surface area contributed by atoms with Crippen LogP contribution in [0.3, 0.4) is 0 Å². The van der Waals surface area contributed by atoms with Crippen LogP contribution in [0.25, 0.3) is 0 Å². The normalized spacial score (nSPS) is 15.4. The molecule has 0 bridgehead atoms. The fourth-order valence-corrected chi connectivity index (χ4v) is 5.70. The molecule has 0 radical (unpaired) electrons. The molecule has 4 unspecified atom stereocenters. The first kappa shape index (κ1) is 40.5. The minimum absolute atomic E-state index is 0.0617. The first-order chi connectivity index (χ1) is 19.8. The quantitative estimate of drug-likeness (QED) is 0.0421. The monoisotopic (exact) mass is 608 g/mol. The molecule has 0 aliphatic heterocycles. The Morgan fingerprint density at radius 2 is 1.17 bits per heavy atom. The second kappa shape index (κ2) is 28.2. The molecule has 0 saturated heterocycles. The summed E-state index contributed by atoms with van der Waals surface area (Å²) >= 11 is 0. The van der Waals surface area contributed by atoms with Crippen LogP contribution < -0.4 is 11.1 Å². The molecule has 0 rings (SSSR count). The average Bonchev–Trinajstić information content (AvgIpc) is 2.94. The highest BCUT2D eigenvalue weighted by Gasteiger charge is 2.28.